The summed E-state index contributed by atoms with van der Waals surface area (Å²) in [5, 5.41) is 10.2. The zero-order valence-electron chi connectivity index (χ0n) is 22.2. The molecule has 1 aliphatic heterocycles. The van der Waals surface area contributed by atoms with Gasteiger partial charge in [0.05, 0.1) is 6.61 Å². The van der Waals surface area contributed by atoms with Crippen LogP contribution in [-0.2, 0) is 18.9 Å². The van der Waals surface area contributed by atoms with E-state index in [1.54, 1.807) is 14.2 Å². The average molecular weight is 497 g/mol. The van der Waals surface area contributed by atoms with Crippen molar-refractivity contribution in [1.82, 2.24) is 9.55 Å². The van der Waals surface area contributed by atoms with Gasteiger partial charge in [0, 0.05) is 33.1 Å². The number of methoxy groups -OCH3 is 2. The summed E-state index contributed by atoms with van der Waals surface area (Å²) in [6.45, 7) is 3.18. The maximum Gasteiger partial charge on any atom is 0.299 e. The van der Waals surface area contributed by atoms with E-state index >= 15 is 0 Å². The fourth-order valence-electron chi connectivity index (χ4n) is 4.81. The molecule has 2 rings (SSSR count). The van der Waals surface area contributed by atoms with E-state index in [-0.39, 0.29) is 12.2 Å². The Morgan fingerprint density at radius 2 is 1.49 bits per heavy atom. The predicted octanol–water partition coefficient (Wildman–Crippen LogP) is 5.37. The van der Waals surface area contributed by atoms with Crippen molar-refractivity contribution < 1.29 is 24.1 Å². The monoisotopic (exact) mass is 496 g/mol. The summed E-state index contributed by atoms with van der Waals surface area (Å²) in [6.07, 6.45) is 18.0. The third-order valence-electron chi connectivity index (χ3n) is 6.79. The Balaban J connectivity index is 1.65. The third-order valence-corrected chi connectivity index (χ3v) is 6.79. The molecule has 1 aromatic heterocycles. The van der Waals surface area contributed by atoms with Gasteiger partial charge in [-0.15, -0.1) is 0 Å². The molecule has 0 radical (unpaired) electrons. The predicted molar refractivity (Wildman–Crippen MR) is 137 cm³/mol. The van der Waals surface area contributed by atoms with E-state index < -0.39 is 23.9 Å². The van der Waals surface area contributed by atoms with Gasteiger partial charge in [-0.1, -0.05) is 90.4 Å². The molecule has 1 aliphatic rings. The van der Waals surface area contributed by atoms with Crippen LogP contribution < -0.4 is 5.56 Å². The summed E-state index contributed by atoms with van der Waals surface area (Å²) in [7, 11) is 3.22. The number of nitrogens with zero attached hydrogens (tertiary/aromatic N) is 2. The van der Waals surface area contributed by atoms with Crippen molar-refractivity contribution in [1.29, 1.82) is 0 Å². The highest BCUT2D eigenvalue weighted by molar-refractivity contribution is 5.02. The molecule has 4 atom stereocenters. The quantitative estimate of drug-likeness (QED) is 0.242. The van der Waals surface area contributed by atoms with Crippen LogP contribution >= 0.6 is 0 Å². The van der Waals surface area contributed by atoms with Crippen molar-refractivity contribution >= 4 is 0 Å². The lowest BCUT2D eigenvalue weighted by Crippen LogP contribution is -2.38. The van der Waals surface area contributed by atoms with Gasteiger partial charge in [-0.2, -0.15) is 4.98 Å². The van der Waals surface area contributed by atoms with E-state index in [2.05, 4.69) is 11.9 Å². The number of aromatic hydroxyl groups is 1. The lowest BCUT2D eigenvalue weighted by molar-refractivity contribution is -0.0790. The Labute approximate surface area is 211 Å². The lowest BCUT2D eigenvalue weighted by Gasteiger charge is -2.24. The lowest BCUT2D eigenvalue weighted by atomic mass is 10.0. The van der Waals surface area contributed by atoms with Gasteiger partial charge in [-0.05, 0) is 6.42 Å². The molecule has 8 heteroatoms. The first-order chi connectivity index (χ1) is 17.1. The number of ether oxygens (including phenoxy) is 4. The second-order valence-corrected chi connectivity index (χ2v) is 9.63. The second kappa shape index (κ2) is 17.9. The third kappa shape index (κ3) is 10.6. The summed E-state index contributed by atoms with van der Waals surface area (Å²) in [5.74, 6) is 0. The Hall–Kier alpha value is -1.48. The molecule has 1 aromatic rings. The summed E-state index contributed by atoms with van der Waals surface area (Å²) >= 11 is 0. The van der Waals surface area contributed by atoms with E-state index in [0.717, 1.165) is 12.8 Å². The maximum atomic E-state index is 11.5. The minimum Gasteiger partial charge on any atom is -0.480 e. The van der Waals surface area contributed by atoms with Crippen LogP contribution in [0.5, 0.6) is 6.01 Å². The summed E-state index contributed by atoms with van der Waals surface area (Å²) in [5.41, 5.74) is -0.506. The van der Waals surface area contributed by atoms with Crippen molar-refractivity contribution in [2.75, 3.05) is 27.4 Å². The van der Waals surface area contributed by atoms with Crippen molar-refractivity contribution in [2.45, 2.75) is 121 Å². The van der Waals surface area contributed by atoms with Crippen molar-refractivity contribution in [3.63, 3.8) is 0 Å². The first kappa shape index (κ1) is 29.7. The van der Waals surface area contributed by atoms with Crippen LogP contribution in [0.1, 0.15) is 103 Å². The molecule has 0 amide bonds. The van der Waals surface area contributed by atoms with Gasteiger partial charge in [0.15, 0.2) is 6.23 Å². The van der Waals surface area contributed by atoms with Gasteiger partial charge in [-0.3, -0.25) is 9.36 Å². The van der Waals surface area contributed by atoms with Crippen LogP contribution in [0.15, 0.2) is 17.1 Å². The fourth-order valence-corrected chi connectivity index (χ4v) is 4.81. The summed E-state index contributed by atoms with van der Waals surface area (Å²) < 4.78 is 24.6. The van der Waals surface area contributed by atoms with Crippen LogP contribution in [-0.4, -0.2) is 60.4 Å². The highest BCUT2D eigenvalue weighted by atomic mass is 16.6. The molecular formula is C27H48N2O6. The smallest absolute Gasteiger partial charge is 0.299 e. The molecule has 0 spiro atoms. The Bertz CT molecular complexity index is 728. The van der Waals surface area contributed by atoms with Crippen LogP contribution in [0.4, 0.5) is 0 Å². The van der Waals surface area contributed by atoms with E-state index in [0.29, 0.717) is 13.2 Å². The molecule has 202 valence electrons. The first-order valence-electron chi connectivity index (χ1n) is 13.7. The molecule has 0 saturated carbocycles. The topological polar surface area (TPSA) is 92.0 Å². The molecule has 2 heterocycles. The summed E-state index contributed by atoms with van der Waals surface area (Å²) in [4.78, 5) is 15.1. The van der Waals surface area contributed by atoms with Gasteiger partial charge in [0.25, 0.3) is 11.6 Å². The van der Waals surface area contributed by atoms with Crippen molar-refractivity contribution in [3.05, 3.63) is 22.6 Å². The molecule has 0 aliphatic carbocycles. The number of aromatic nitrogens is 2. The number of unbranched alkanes of at least 4 members (excludes halogenated alkanes) is 13. The number of hydrogen-bond donors (Lipinski definition) is 1. The van der Waals surface area contributed by atoms with Crippen LogP contribution in [0.3, 0.4) is 0 Å². The molecule has 0 aromatic carbocycles. The normalized spacial score (nSPS) is 22.1. The highest BCUT2D eigenvalue weighted by Gasteiger charge is 2.47. The average Bonchev–Trinajstić information content (AvgIpc) is 3.18. The molecule has 1 saturated heterocycles. The van der Waals surface area contributed by atoms with Gasteiger partial charge in [-0.25, -0.2) is 0 Å². The fraction of sp³-hybridized carbons (Fsp3) is 0.852. The number of hydrogen-bond acceptors (Lipinski definition) is 7. The first-order valence-corrected chi connectivity index (χ1v) is 13.7. The zero-order chi connectivity index (χ0) is 25.3. The van der Waals surface area contributed by atoms with Gasteiger partial charge >= 0.3 is 0 Å². The Morgan fingerprint density at radius 3 is 2.00 bits per heavy atom. The van der Waals surface area contributed by atoms with E-state index in [1.165, 1.54) is 93.9 Å². The van der Waals surface area contributed by atoms with Crippen LogP contribution in [0.25, 0.3) is 0 Å². The highest BCUT2D eigenvalue weighted by Crippen LogP contribution is 2.35. The van der Waals surface area contributed by atoms with Crippen LogP contribution in [0, 0.1) is 0 Å². The molecule has 1 N–H and O–H groups in total. The molecule has 8 nitrogen and oxygen atoms in total. The van der Waals surface area contributed by atoms with Gasteiger partial charge in [0.1, 0.15) is 18.3 Å². The Kier molecular flexibility index (Phi) is 15.2. The zero-order valence-corrected chi connectivity index (χ0v) is 22.2. The molecule has 0 bridgehead atoms. The van der Waals surface area contributed by atoms with Crippen LogP contribution in [0.2, 0.25) is 0 Å². The van der Waals surface area contributed by atoms with Gasteiger partial charge in [0.2, 0.25) is 0 Å². The molecule has 35 heavy (non-hydrogen) atoms. The molecular weight excluding hydrogens is 448 g/mol. The van der Waals surface area contributed by atoms with Crippen molar-refractivity contribution in [3.8, 4) is 6.01 Å². The standard InChI is InChI=1S/C27H48N2O6/c1-4-5-6-7-8-9-10-11-12-13-14-15-16-17-20-34-25-24(33-3)22(21-32-2)35-26(25)29-19-18-23(30)28-27(29)31/h18-19,22,24-26H,4-17,20-21H2,1-3H3,(H,28,30,31)/t22-,24-,25-,26-/m1/s1. The van der Waals surface area contributed by atoms with E-state index in [9.17, 15) is 9.90 Å². The minimum absolute atomic E-state index is 0.335. The second-order valence-electron chi connectivity index (χ2n) is 9.63. The van der Waals surface area contributed by atoms with E-state index in [1.807, 2.05) is 0 Å². The van der Waals surface area contributed by atoms with Crippen molar-refractivity contribution in [2.24, 2.45) is 0 Å². The van der Waals surface area contributed by atoms with Gasteiger partial charge < -0.3 is 24.1 Å². The SMILES string of the molecule is CCCCCCCCCCCCCCCCO[C@@H]1[C@H](OC)[C@@H](COC)O[C@H]1n1ccc(=O)nc1O. The van der Waals surface area contributed by atoms with E-state index in [4.69, 9.17) is 18.9 Å². The Morgan fingerprint density at radius 1 is 0.914 bits per heavy atom. The largest absolute Gasteiger partial charge is 0.480 e. The minimum atomic E-state index is -0.653. The maximum absolute atomic E-state index is 11.5. The number of rotatable bonds is 20. The molecule has 1 fully saturated rings. The summed E-state index contributed by atoms with van der Waals surface area (Å²) in [6, 6.07) is 0.889. The molecule has 0 unspecified atom stereocenters.